The minimum absolute atomic E-state index is 0.123. The lowest BCUT2D eigenvalue weighted by Gasteiger charge is -2.22. The highest BCUT2D eigenvalue weighted by atomic mass is 16.6. The van der Waals surface area contributed by atoms with E-state index < -0.39 is 10.3 Å². The van der Waals surface area contributed by atoms with Crippen LogP contribution in [0.25, 0.3) is 0 Å². The Morgan fingerprint density at radius 3 is 2.67 bits per heavy atom. The Morgan fingerprint density at radius 1 is 1.48 bits per heavy atom. The summed E-state index contributed by atoms with van der Waals surface area (Å²) in [4.78, 5) is 10.5. The number of nitrogens with two attached hydrogens (primary N) is 1. The van der Waals surface area contributed by atoms with Crippen molar-refractivity contribution in [3.63, 3.8) is 0 Å². The molecule has 0 saturated heterocycles. The molecule has 0 atom stereocenters. The number of nitrogens with one attached hydrogen (secondary N) is 1. The molecule has 0 amide bonds. The molecule has 0 aliphatic carbocycles. The van der Waals surface area contributed by atoms with Crippen LogP contribution in [0.3, 0.4) is 0 Å². The molecule has 0 fully saturated rings. The Balaban J connectivity index is 2.64. The summed E-state index contributed by atoms with van der Waals surface area (Å²) in [6, 6.07) is 4.46. The predicted molar refractivity (Wildman–Crippen MR) is 80.1 cm³/mol. The molecule has 1 rings (SSSR count). The molecule has 116 valence electrons. The van der Waals surface area contributed by atoms with Gasteiger partial charge in [0.15, 0.2) is 5.75 Å². The van der Waals surface area contributed by atoms with Crippen LogP contribution in [0.1, 0.15) is 26.7 Å². The van der Waals surface area contributed by atoms with Crippen LogP contribution in [0.4, 0.5) is 5.69 Å². The van der Waals surface area contributed by atoms with Gasteiger partial charge < -0.3 is 15.2 Å². The lowest BCUT2D eigenvalue weighted by atomic mass is 9.87. The molecule has 7 heteroatoms. The second kappa shape index (κ2) is 6.92. The van der Waals surface area contributed by atoms with Crippen molar-refractivity contribution in [2.75, 3.05) is 13.7 Å². The lowest BCUT2D eigenvalue weighted by Crippen LogP contribution is -2.31. The number of nitrogens with zero attached hydrogens (tertiary/aromatic N) is 1. The molecule has 0 aliphatic rings. The number of rotatable bonds is 8. The van der Waals surface area contributed by atoms with Gasteiger partial charge in [0.2, 0.25) is 0 Å². The number of methoxy groups -OCH3 is 1. The van der Waals surface area contributed by atoms with E-state index in [1.54, 1.807) is 6.07 Å². The van der Waals surface area contributed by atoms with Crippen LogP contribution in [0, 0.1) is 20.9 Å². The third kappa shape index (κ3) is 4.62. The molecule has 7 nitrogen and oxygen atoms in total. The molecule has 0 spiro atoms. The van der Waals surface area contributed by atoms with E-state index in [1.165, 1.54) is 19.2 Å². The molecule has 0 aliphatic heterocycles. The third-order valence-corrected chi connectivity index (χ3v) is 3.30. The Hall–Kier alpha value is -2.31. The van der Waals surface area contributed by atoms with Gasteiger partial charge in [-0.15, -0.1) is 0 Å². The molecule has 1 aromatic rings. The Morgan fingerprint density at radius 2 is 2.14 bits per heavy atom. The average Bonchev–Trinajstić information content (AvgIpc) is 2.43. The molecular weight excluding hydrogens is 274 g/mol. The minimum Gasteiger partial charge on any atom is -0.496 e. The molecule has 0 unspecified atom stereocenters. The summed E-state index contributed by atoms with van der Waals surface area (Å²) in [5, 5.41) is 18.5. The first kappa shape index (κ1) is 16.7. The van der Waals surface area contributed by atoms with Gasteiger partial charge in [0.25, 0.3) is 0 Å². The molecule has 0 bridgehead atoms. The van der Waals surface area contributed by atoms with Crippen molar-refractivity contribution in [2.45, 2.75) is 26.7 Å². The molecule has 21 heavy (non-hydrogen) atoms. The summed E-state index contributed by atoms with van der Waals surface area (Å²) in [5.74, 6) is 0.742. The van der Waals surface area contributed by atoms with Gasteiger partial charge in [-0.05, 0) is 25.0 Å². The smallest absolute Gasteiger partial charge is 0.314 e. The van der Waals surface area contributed by atoms with E-state index in [0.717, 1.165) is 0 Å². The standard InChI is InChI=1S/C14H21N3O4/c1-14(2,13(15)16)7-4-8-21-12-6-5-10(20-3)9-11(12)17(18)19/h5-6,9H,4,7-8H2,1-3H3,(H3,15,16). The normalized spacial score (nSPS) is 11.0. The number of nitro groups is 1. The van der Waals surface area contributed by atoms with Crippen LogP contribution in [-0.4, -0.2) is 24.5 Å². The third-order valence-electron chi connectivity index (χ3n) is 3.30. The quantitative estimate of drug-likeness (QED) is 0.252. The van der Waals surface area contributed by atoms with Gasteiger partial charge in [-0.2, -0.15) is 0 Å². The van der Waals surface area contributed by atoms with Crippen molar-refractivity contribution in [2.24, 2.45) is 11.1 Å². The van der Waals surface area contributed by atoms with Gasteiger partial charge in [-0.1, -0.05) is 13.8 Å². The maximum Gasteiger partial charge on any atom is 0.314 e. The number of hydrogen-bond donors (Lipinski definition) is 2. The van der Waals surface area contributed by atoms with Crippen molar-refractivity contribution in [3.8, 4) is 11.5 Å². The Labute approximate surface area is 123 Å². The summed E-state index contributed by atoms with van der Waals surface area (Å²) < 4.78 is 10.4. The fourth-order valence-electron chi connectivity index (χ4n) is 1.72. The number of nitro benzene ring substituents is 1. The summed E-state index contributed by atoms with van der Waals surface area (Å²) in [7, 11) is 1.45. The number of hydrogen-bond acceptors (Lipinski definition) is 5. The largest absolute Gasteiger partial charge is 0.496 e. The Bertz CT molecular complexity index is 529. The van der Waals surface area contributed by atoms with Crippen molar-refractivity contribution < 1.29 is 14.4 Å². The molecule has 3 N–H and O–H groups in total. The fourth-order valence-corrected chi connectivity index (χ4v) is 1.72. The minimum atomic E-state index is -0.503. The molecular formula is C14H21N3O4. The van der Waals surface area contributed by atoms with Gasteiger partial charge in [0.05, 0.1) is 30.5 Å². The topological polar surface area (TPSA) is 111 Å². The first-order chi connectivity index (χ1) is 9.77. The zero-order valence-electron chi connectivity index (χ0n) is 12.5. The van der Waals surface area contributed by atoms with Crippen molar-refractivity contribution in [1.29, 1.82) is 5.41 Å². The fraction of sp³-hybridized carbons (Fsp3) is 0.500. The molecule has 0 saturated carbocycles. The highest BCUT2D eigenvalue weighted by molar-refractivity contribution is 5.82. The SMILES string of the molecule is COc1ccc(OCCCC(C)(C)C(=N)N)c([N+](=O)[O-])c1. The number of amidine groups is 1. The number of ether oxygens (including phenoxy) is 2. The number of benzene rings is 1. The second-order valence-corrected chi connectivity index (χ2v) is 5.34. The van der Waals surface area contributed by atoms with Gasteiger partial charge in [0, 0.05) is 5.41 Å². The van der Waals surface area contributed by atoms with E-state index in [1.807, 2.05) is 13.8 Å². The van der Waals surface area contributed by atoms with E-state index in [9.17, 15) is 10.1 Å². The summed E-state index contributed by atoms with van der Waals surface area (Å²) in [6.07, 6.45) is 1.32. The van der Waals surface area contributed by atoms with Crippen molar-refractivity contribution >= 4 is 11.5 Å². The second-order valence-electron chi connectivity index (χ2n) is 5.34. The van der Waals surface area contributed by atoms with Crippen molar-refractivity contribution in [1.82, 2.24) is 0 Å². The monoisotopic (exact) mass is 295 g/mol. The highest BCUT2D eigenvalue weighted by Crippen LogP contribution is 2.31. The maximum absolute atomic E-state index is 11.0. The first-order valence-corrected chi connectivity index (χ1v) is 6.57. The molecule has 1 aromatic carbocycles. The van der Waals surface area contributed by atoms with Crippen molar-refractivity contribution in [3.05, 3.63) is 28.3 Å². The summed E-state index contributed by atoms with van der Waals surface area (Å²) in [5.41, 5.74) is 4.98. The van der Waals surface area contributed by atoms with Crippen LogP contribution < -0.4 is 15.2 Å². The highest BCUT2D eigenvalue weighted by Gasteiger charge is 2.21. The van der Waals surface area contributed by atoms with Gasteiger partial charge in [-0.3, -0.25) is 15.5 Å². The predicted octanol–water partition coefficient (Wildman–Crippen LogP) is 2.72. The van der Waals surface area contributed by atoms with E-state index >= 15 is 0 Å². The van der Waals surface area contributed by atoms with Gasteiger partial charge in [0.1, 0.15) is 5.75 Å². The van der Waals surface area contributed by atoms with E-state index in [2.05, 4.69) is 0 Å². The van der Waals surface area contributed by atoms with E-state index in [0.29, 0.717) is 25.2 Å². The summed E-state index contributed by atoms with van der Waals surface area (Å²) >= 11 is 0. The average molecular weight is 295 g/mol. The zero-order chi connectivity index (χ0) is 16.0. The van der Waals surface area contributed by atoms with Crippen LogP contribution in [0.2, 0.25) is 0 Å². The molecule has 0 heterocycles. The lowest BCUT2D eigenvalue weighted by molar-refractivity contribution is -0.385. The maximum atomic E-state index is 11.0. The van der Waals surface area contributed by atoms with Crippen LogP contribution in [-0.2, 0) is 0 Å². The zero-order valence-corrected chi connectivity index (χ0v) is 12.5. The van der Waals surface area contributed by atoms with Crippen LogP contribution in [0.5, 0.6) is 11.5 Å². The van der Waals surface area contributed by atoms with E-state index in [4.69, 9.17) is 20.6 Å². The first-order valence-electron chi connectivity index (χ1n) is 6.57. The Kier molecular flexibility index (Phi) is 5.52. The van der Waals surface area contributed by atoms with Gasteiger partial charge in [-0.25, -0.2) is 0 Å². The van der Waals surface area contributed by atoms with Crippen LogP contribution in [0.15, 0.2) is 18.2 Å². The summed E-state index contributed by atoms with van der Waals surface area (Å²) in [6.45, 7) is 4.08. The molecule has 0 aromatic heterocycles. The van der Waals surface area contributed by atoms with Crippen LogP contribution >= 0.6 is 0 Å². The molecule has 0 radical (unpaired) electrons. The van der Waals surface area contributed by atoms with Gasteiger partial charge >= 0.3 is 5.69 Å². The van der Waals surface area contributed by atoms with E-state index in [-0.39, 0.29) is 17.3 Å².